The van der Waals surface area contributed by atoms with Crippen LogP contribution in [0.4, 0.5) is 0 Å². The average Bonchev–Trinajstić information content (AvgIpc) is 3.28. The largest absolute Gasteiger partial charge is 0.348 e. The van der Waals surface area contributed by atoms with E-state index >= 15 is 0 Å². The minimum atomic E-state index is -0.182. The Hall–Kier alpha value is -4.00. The molecule has 1 aliphatic rings. The van der Waals surface area contributed by atoms with Crippen molar-refractivity contribution in [2.75, 3.05) is 13.1 Å². The fourth-order valence-electron chi connectivity index (χ4n) is 3.99. The van der Waals surface area contributed by atoms with Crippen LogP contribution in [-0.4, -0.2) is 34.9 Å². The van der Waals surface area contributed by atoms with E-state index in [1.54, 1.807) is 12.1 Å². The van der Waals surface area contributed by atoms with E-state index in [2.05, 4.69) is 33.4 Å². The van der Waals surface area contributed by atoms with Crippen LogP contribution in [0.1, 0.15) is 45.2 Å². The number of benzene rings is 2. The Morgan fingerprint density at radius 1 is 1.00 bits per heavy atom. The summed E-state index contributed by atoms with van der Waals surface area (Å²) < 4.78 is 0. The van der Waals surface area contributed by atoms with Crippen LogP contribution in [0.2, 0.25) is 0 Å². The molecule has 1 unspecified atom stereocenters. The Labute approximate surface area is 181 Å². The second kappa shape index (κ2) is 9.21. The Morgan fingerprint density at radius 3 is 2.39 bits per heavy atom. The molecule has 1 fully saturated rings. The maximum absolute atomic E-state index is 12.6. The monoisotopic (exact) mass is 407 g/mol. The van der Waals surface area contributed by atoms with Gasteiger partial charge in [-0.05, 0) is 41.8 Å². The highest BCUT2D eigenvalue weighted by Crippen LogP contribution is 2.31. The van der Waals surface area contributed by atoms with E-state index < -0.39 is 0 Å². The van der Waals surface area contributed by atoms with E-state index in [0.717, 1.165) is 25.1 Å². The van der Waals surface area contributed by atoms with Gasteiger partial charge in [0, 0.05) is 25.3 Å². The number of pyridine rings is 1. The van der Waals surface area contributed by atoms with Crippen molar-refractivity contribution in [3.05, 3.63) is 101 Å². The van der Waals surface area contributed by atoms with Gasteiger partial charge in [0.05, 0.1) is 23.2 Å². The number of aromatic nitrogens is 1. The number of rotatable bonds is 5. The van der Waals surface area contributed by atoms with Crippen molar-refractivity contribution in [1.82, 2.24) is 15.2 Å². The number of nitrogens with zero attached hydrogens (tertiary/aromatic N) is 4. The maximum Gasteiger partial charge on any atom is 0.253 e. The van der Waals surface area contributed by atoms with Crippen LogP contribution >= 0.6 is 0 Å². The van der Waals surface area contributed by atoms with Gasteiger partial charge in [0.15, 0.2) is 0 Å². The van der Waals surface area contributed by atoms with Crippen molar-refractivity contribution in [3.63, 3.8) is 0 Å². The van der Waals surface area contributed by atoms with Crippen molar-refractivity contribution in [3.8, 4) is 12.1 Å². The van der Waals surface area contributed by atoms with Crippen LogP contribution in [0.3, 0.4) is 0 Å². The van der Waals surface area contributed by atoms with Crippen molar-refractivity contribution in [2.24, 2.45) is 0 Å². The van der Waals surface area contributed by atoms with Gasteiger partial charge in [0.2, 0.25) is 0 Å². The van der Waals surface area contributed by atoms with Crippen LogP contribution in [0, 0.1) is 22.7 Å². The third-order valence-electron chi connectivity index (χ3n) is 5.53. The summed E-state index contributed by atoms with van der Waals surface area (Å²) in [5, 5.41) is 21.1. The molecular weight excluding hydrogens is 386 g/mol. The van der Waals surface area contributed by atoms with Crippen LogP contribution in [0.25, 0.3) is 0 Å². The summed E-state index contributed by atoms with van der Waals surface area (Å²) in [6.45, 7) is 1.56. The summed E-state index contributed by atoms with van der Waals surface area (Å²) in [6, 6.07) is 25.3. The predicted molar refractivity (Wildman–Crippen MR) is 116 cm³/mol. The highest BCUT2D eigenvalue weighted by atomic mass is 16.1. The van der Waals surface area contributed by atoms with Crippen molar-refractivity contribution in [2.45, 2.75) is 18.5 Å². The minimum absolute atomic E-state index is 0.0211. The summed E-state index contributed by atoms with van der Waals surface area (Å²) in [5.41, 5.74) is 3.67. The zero-order chi connectivity index (χ0) is 21.6. The molecule has 0 radical (unpaired) electrons. The number of nitriles is 2. The molecule has 6 heteroatoms. The molecule has 1 aliphatic heterocycles. The normalized spacial score (nSPS) is 16.8. The molecular formula is C25H21N5O. The molecule has 1 aromatic heterocycles. The molecule has 6 nitrogen and oxygen atoms in total. The molecule has 1 amide bonds. The van der Waals surface area contributed by atoms with Gasteiger partial charge in [-0.3, -0.25) is 9.69 Å². The molecule has 1 saturated heterocycles. The third-order valence-corrected chi connectivity index (χ3v) is 5.53. The number of carbonyl (C=O) groups is 1. The molecule has 31 heavy (non-hydrogen) atoms. The highest BCUT2D eigenvalue weighted by molar-refractivity contribution is 5.94. The first-order valence-electron chi connectivity index (χ1n) is 10.1. The molecule has 0 bridgehead atoms. The zero-order valence-electron chi connectivity index (χ0n) is 16.9. The van der Waals surface area contributed by atoms with Gasteiger partial charge in [0.25, 0.3) is 5.91 Å². The Kier molecular flexibility index (Phi) is 6.03. The smallest absolute Gasteiger partial charge is 0.253 e. The van der Waals surface area contributed by atoms with Crippen LogP contribution in [0.5, 0.6) is 0 Å². The molecule has 3 aromatic rings. The second-order valence-corrected chi connectivity index (χ2v) is 7.54. The SMILES string of the molecule is N#Cc1ccc(C(c2ccccc2)N2CC[C@@H](NC(=O)c3ccc(C#N)nc3)C2)cc1. The van der Waals surface area contributed by atoms with E-state index in [0.29, 0.717) is 11.1 Å². The first kappa shape index (κ1) is 20.3. The highest BCUT2D eigenvalue weighted by Gasteiger charge is 2.31. The van der Waals surface area contributed by atoms with Crippen molar-refractivity contribution in [1.29, 1.82) is 10.5 Å². The summed E-state index contributed by atoms with van der Waals surface area (Å²) in [5.74, 6) is -0.182. The van der Waals surface area contributed by atoms with E-state index in [9.17, 15) is 4.79 Å². The average molecular weight is 407 g/mol. The molecule has 2 heterocycles. The summed E-state index contributed by atoms with van der Waals surface area (Å²) in [6.07, 6.45) is 2.28. The lowest BCUT2D eigenvalue weighted by Crippen LogP contribution is -2.38. The molecule has 2 atom stereocenters. The number of hydrogen-bond donors (Lipinski definition) is 1. The summed E-state index contributed by atoms with van der Waals surface area (Å²) in [4.78, 5) is 18.9. The van der Waals surface area contributed by atoms with Gasteiger partial charge in [-0.2, -0.15) is 10.5 Å². The van der Waals surface area contributed by atoms with E-state index in [-0.39, 0.29) is 23.7 Å². The maximum atomic E-state index is 12.6. The summed E-state index contributed by atoms with van der Waals surface area (Å²) in [7, 11) is 0. The van der Waals surface area contributed by atoms with E-state index in [1.807, 2.05) is 48.5 Å². The standard InChI is InChI=1S/C25H21N5O/c26-14-18-6-8-20(9-7-18)24(19-4-2-1-3-5-19)30-13-12-23(17-30)29-25(31)21-10-11-22(15-27)28-16-21/h1-11,16,23-24H,12-13,17H2,(H,29,31)/t23-,24?/m1/s1. The van der Waals surface area contributed by atoms with Crippen molar-refractivity contribution < 1.29 is 4.79 Å². The third kappa shape index (κ3) is 4.61. The molecule has 4 rings (SSSR count). The summed E-state index contributed by atoms with van der Waals surface area (Å²) >= 11 is 0. The quantitative estimate of drug-likeness (QED) is 0.700. The number of amides is 1. The zero-order valence-corrected chi connectivity index (χ0v) is 16.9. The van der Waals surface area contributed by atoms with Gasteiger partial charge < -0.3 is 5.32 Å². The predicted octanol–water partition coefficient (Wildman–Crippen LogP) is 3.42. The lowest BCUT2D eigenvalue weighted by atomic mass is 9.96. The number of nitrogens with one attached hydrogen (secondary N) is 1. The van der Waals surface area contributed by atoms with Gasteiger partial charge in [-0.25, -0.2) is 4.98 Å². The number of likely N-dealkylation sites (tertiary alicyclic amines) is 1. The van der Waals surface area contributed by atoms with Crippen LogP contribution in [-0.2, 0) is 0 Å². The van der Waals surface area contributed by atoms with Gasteiger partial charge >= 0.3 is 0 Å². The first-order chi connectivity index (χ1) is 15.2. The topological polar surface area (TPSA) is 92.8 Å². The van der Waals surface area contributed by atoms with Gasteiger partial charge in [0.1, 0.15) is 11.8 Å². The molecule has 0 saturated carbocycles. The lowest BCUT2D eigenvalue weighted by Gasteiger charge is -2.29. The van der Waals surface area contributed by atoms with E-state index in [4.69, 9.17) is 10.5 Å². The fourth-order valence-corrected chi connectivity index (χ4v) is 3.99. The first-order valence-corrected chi connectivity index (χ1v) is 10.1. The van der Waals surface area contributed by atoms with Crippen molar-refractivity contribution >= 4 is 5.91 Å². The molecule has 152 valence electrons. The Bertz CT molecular complexity index is 1130. The molecule has 2 aromatic carbocycles. The Balaban J connectivity index is 1.50. The number of carbonyl (C=O) groups excluding carboxylic acids is 1. The molecule has 0 aliphatic carbocycles. The van der Waals surface area contributed by atoms with Crippen LogP contribution < -0.4 is 5.32 Å². The second-order valence-electron chi connectivity index (χ2n) is 7.54. The number of hydrogen-bond acceptors (Lipinski definition) is 5. The van der Waals surface area contributed by atoms with Gasteiger partial charge in [-0.1, -0.05) is 42.5 Å². The van der Waals surface area contributed by atoms with E-state index in [1.165, 1.54) is 11.8 Å². The minimum Gasteiger partial charge on any atom is -0.348 e. The fraction of sp³-hybridized carbons (Fsp3) is 0.200. The van der Waals surface area contributed by atoms with Crippen LogP contribution in [0.15, 0.2) is 72.9 Å². The molecule has 0 spiro atoms. The van der Waals surface area contributed by atoms with Gasteiger partial charge in [-0.15, -0.1) is 0 Å². The lowest BCUT2D eigenvalue weighted by molar-refractivity contribution is 0.0936. The molecule has 1 N–H and O–H groups in total. The Morgan fingerprint density at radius 2 is 1.74 bits per heavy atom.